The first kappa shape index (κ1) is 16.2. The van der Waals surface area contributed by atoms with E-state index in [2.05, 4.69) is 12.2 Å². The van der Waals surface area contributed by atoms with E-state index >= 15 is 0 Å². The molecule has 0 aromatic carbocycles. The zero-order valence-corrected chi connectivity index (χ0v) is 13.5. The topological polar surface area (TPSA) is 49.4 Å². The van der Waals surface area contributed by atoms with Crippen molar-refractivity contribution in [1.82, 2.24) is 10.2 Å². The summed E-state index contributed by atoms with van der Waals surface area (Å²) >= 11 is 1.44. The third kappa shape index (κ3) is 4.93. The van der Waals surface area contributed by atoms with Crippen molar-refractivity contribution in [3.8, 4) is 0 Å². The molecule has 4 nitrogen and oxygen atoms in total. The van der Waals surface area contributed by atoms with Gasteiger partial charge in [0.2, 0.25) is 5.91 Å². The minimum Gasteiger partial charge on any atom is -0.343 e. The van der Waals surface area contributed by atoms with Crippen LogP contribution in [-0.2, 0) is 4.79 Å². The third-order valence-electron chi connectivity index (χ3n) is 4.01. The lowest BCUT2D eigenvalue weighted by atomic mass is 9.96. The van der Waals surface area contributed by atoms with E-state index in [1.165, 1.54) is 11.3 Å². The second-order valence-corrected chi connectivity index (χ2v) is 6.48. The van der Waals surface area contributed by atoms with E-state index in [0.29, 0.717) is 18.8 Å². The lowest BCUT2D eigenvalue weighted by Gasteiger charge is -2.32. The van der Waals surface area contributed by atoms with E-state index in [1.54, 1.807) is 0 Å². The minimum atomic E-state index is 0.0837. The van der Waals surface area contributed by atoms with Crippen LogP contribution in [0.5, 0.6) is 0 Å². The predicted octanol–water partition coefficient (Wildman–Crippen LogP) is 2.56. The van der Waals surface area contributed by atoms with Crippen molar-refractivity contribution in [2.75, 3.05) is 26.2 Å². The molecule has 1 aliphatic rings. The number of hydrogen-bond donors (Lipinski definition) is 1. The molecule has 1 N–H and O–H groups in total. The van der Waals surface area contributed by atoms with E-state index in [0.717, 1.165) is 43.9 Å². The summed E-state index contributed by atoms with van der Waals surface area (Å²) in [4.78, 5) is 26.7. The molecule has 21 heavy (non-hydrogen) atoms. The van der Waals surface area contributed by atoms with Gasteiger partial charge in [0, 0.05) is 25.9 Å². The van der Waals surface area contributed by atoms with Gasteiger partial charge in [-0.05, 0) is 43.3 Å². The van der Waals surface area contributed by atoms with Crippen LogP contribution >= 0.6 is 11.3 Å². The number of thiophene rings is 1. The highest BCUT2D eigenvalue weighted by atomic mass is 32.1. The number of carbonyl (C=O) groups is 2. The van der Waals surface area contributed by atoms with Gasteiger partial charge in [0.15, 0.2) is 5.78 Å². The number of hydrogen-bond acceptors (Lipinski definition) is 4. The fourth-order valence-electron chi connectivity index (χ4n) is 2.67. The number of amides is 1. The Labute approximate surface area is 130 Å². The Bertz CT molecular complexity index is 451. The van der Waals surface area contributed by atoms with Gasteiger partial charge in [0.1, 0.15) is 0 Å². The first-order valence-electron chi connectivity index (χ1n) is 7.76. The summed E-state index contributed by atoms with van der Waals surface area (Å²) in [5, 5.41) is 5.26. The quantitative estimate of drug-likeness (QED) is 0.788. The molecule has 0 radical (unpaired) electrons. The van der Waals surface area contributed by atoms with Gasteiger partial charge in [-0.3, -0.25) is 9.59 Å². The number of nitrogens with zero attached hydrogens (tertiary/aromatic N) is 1. The third-order valence-corrected chi connectivity index (χ3v) is 4.92. The maximum absolute atomic E-state index is 12.2. The molecule has 0 unspecified atom stereocenters. The first-order chi connectivity index (χ1) is 10.2. The number of carbonyl (C=O) groups excluding carboxylic acids is 2. The molecule has 0 saturated carbocycles. The average molecular weight is 308 g/mol. The largest absolute Gasteiger partial charge is 0.343 e. The van der Waals surface area contributed by atoms with Crippen molar-refractivity contribution in [1.29, 1.82) is 0 Å². The number of ketones is 1. The van der Waals surface area contributed by atoms with E-state index in [1.807, 2.05) is 22.4 Å². The Kier molecular flexibility index (Phi) is 6.39. The highest BCUT2D eigenvalue weighted by molar-refractivity contribution is 7.12. The van der Waals surface area contributed by atoms with Crippen molar-refractivity contribution in [3.63, 3.8) is 0 Å². The van der Waals surface area contributed by atoms with Crippen LogP contribution < -0.4 is 5.32 Å². The second kappa shape index (κ2) is 8.29. The molecule has 1 saturated heterocycles. The van der Waals surface area contributed by atoms with Gasteiger partial charge in [-0.2, -0.15) is 0 Å². The molecule has 2 heterocycles. The first-order valence-corrected chi connectivity index (χ1v) is 8.64. The Balaban J connectivity index is 1.69. The van der Waals surface area contributed by atoms with Gasteiger partial charge in [-0.15, -0.1) is 11.3 Å². The molecule has 0 spiro atoms. The predicted molar refractivity (Wildman–Crippen MR) is 85.7 cm³/mol. The smallest absolute Gasteiger partial charge is 0.223 e. The Hall–Kier alpha value is -1.20. The van der Waals surface area contributed by atoms with Crippen LogP contribution in [0, 0.1) is 5.92 Å². The molecule has 1 aromatic heterocycles. The number of nitrogens with one attached hydrogen (secondary N) is 1. The fraction of sp³-hybridized carbons (Fsp3) is 0.625. The summed E-state index contributed by atoms with van der Waals surface area (Å²) in [7, 11) is 0. The Morgan fingerprint density at radius 1 is 1.33 bits per heavy atom. The van der Waals surface area contributed by atoms with Gasteiger partial charge >= 0.3 is 0 Å². The number of likely N-dealkylation sites (tertiary alicyclic amines) is 1. The molecule has 5 heteroatoms. The Morgan fingerprint density at radius 2 is 2.10 bits per heavy atom. The molecular weight excluding hydrogens is 284 g/mol. The Morgan fingerprint density at radius 3 is 2.71 bits per heavy atom. The zero-order chi connectivity index (χ0) is 15.1. The van der Waals surface area contributed by atoms with Crippen molar-refractivity contribution in [3.05, 3.63) is 22.4 Å². The van der Waals surface area contributed by atoms with Gasteiger partial charge in [-0.1, -0.05) is 13.0 Å². The van der Waals surface area contributed by atoms with Crippen molar-refractivity contribution in [2.45, 2.75) is 32.6 Å². The van der Waals surface area contributed by atoms with E-state index in [9.17, 15) is 9.59 Å². The monoisotopic (exact) mass is 308 g/mol. The van der Waals surface area contributed by atoms with Crippen LogP contribution in [0.15, 0.2) is 17.5 Å². The molecule has 1 aliphatic heterocycles. The second-order valence-electron chi connectivity index (χ2n) is 5.53. The minimum absolute atomic E-state index is 0.0837. The summed E-state index contributed by atoms with van der Waals surface area (Å²) < 4.78 is 0. The summed E-state index contributed by atoms with van der Waals surface area (Å²) in [5.41, 5.74) is 0. The molecule has 2 rings (SSSR count). The number of Topliss-reactive ketones (excluding diaryl/α,β-unsaturated/α-hetero) is 1. The average Bonchev–Trinajstić information content (AvgIpc) is 3.05. The maximum atomic E-state index is 12.2. The van der Waals surface area contributed by atoms with Crippen LogP contribution in [0.1, 0.15) is 42.3 Å². The molecule has 1 fully saturated rings. The molecule has 116 valence electrons. The van der Waals surface area contributed by atoms with Crippen molar-refractivity contribution < 1.29 is 9.59 Å². The van der Waals surface area contributed by atoms with Gasteiger partial charge in [-0.25, -0.2) is 0 Å². The van der Waals surface area contributed by atoms with E-state index in [4.69, 9.17) is 0 Å². The molecular formula is C16H24N2O2S. The molecule has 0 bridgehead atoms. The maximum Gasteiger partial charge on any atom is 0.223 e. The molecule has 1 amide bonds. The SMILES string of the molecule is CCNCC1CCN(C(=O)CCC(=O)c2cccs2)CC1. The van der Waals surface area contributed by atoms with Crippen LogP contribution in [0.2, 0.25) is 0 Å². The van der Waals surface area contributed by atoms with Crippen LogP contribution in [0.25, 0.3) is 0 Å². The summed E-state index contributed by atoms with van der Waals surface area (Å²) in [5.74, 6) is 0.893. The van der Waals surface area contributed by atoms with Gasteiger partial charge in [0.05, 0.1) is 4.88 Å². The summed E-state index contributed by atoms with van der Waals surface area (Å²) in [6.45, 7) is 5.84. The molecule has 0 atom stereocenters. The summed E-state index contributed by atoms with van der Waals surface area (Å²) in [6, 6.07) is 3.69. The van der Waals surface area contributed by atoms with Crippen molar-refractivity contribution >= 4 is 23.0 Å². The van der Waals surface area contributed by atoms with Crippen molar-refractivity contribution in [2.24, 2.45) is 5.92 Å². The number of piperidine rings is 1. The molecule has 1 aromatic rings. The van der Waals surface area contributed by atoms with Crippen LogP contribution in [0.3, 0.4) is 0 Å². The zero-order valence-electron chi connectivity index (χ0n) is 12.6. The standard InChI is InChI=1S/C16H24N2O2S/c1-2-17-12-13-7-9-18(10-8-13)16(20)6-5-14(19)15-4-3-11-21-15/h3-4,11,13,17H,2,5-10,12H2,1H3. The van der Waals surface area contributed by atoms with E-state index < -0.39 is 0 Å². The van der Waals surface area contributed by atoms with Gasteiger partial charge in [0.25, 0.3) is 0 Å². The lowest BCUT2D eigenvalue weighted by Crippen LogP contribution is -2.40. The van der Waals surface area contributed by atoms with Gasteiger partial charge < -0.3 is 10.2 Å². The highest BCUT2D eigenvalue weighted by Gasteiger charge is 2.22. The van der Waals surface area contributed by atoms with Crippen LogP contribution in [-0.4, -0.2) is 42.8 Å². The fourth-order valence-corrected chi connectivity index (χ4v) is 3.37. The normalized spacial score (nSPS) is 16.1. The van der Waals surface area contributed by atoms with E-state index in [-0.39, 0.29) is 11.7 Å². The van der Waals surface area contributed by atoms with Crippen LogP contribution in [0.4, 0.5) is 0 Å². The summed E-state index contributed by atoms with van der Waals surface area (Å²) in [6.07, 6.45) is 2.81. The highest BCUT2D eigenvalue weighted by Crippen LogP contribution is 2.18. The lowest BCUT2D eigenvalue weighted by molar-refractivity contribution is -0.132. The number of rotatable bonds is 7. The molecule has 0 aliphatic carbocycles.